The third kappa shape index (κ3) is 3.18. The molecule has 21 heavy (non-hydrogen) atoms. The molecule has 0 saturated carbocycles. The molecule has 0 radical (unpaired) electrons. The highest BCUT2D eigenvalue weighted by molar-refractivity contribution is 9.10. The number of carbonyl (C=O) groups excluding carboxylic acids is 2. The van der Waals surface area contributed by atoms with Crippen LogP contribution in [0, 0.1) is 0 Å². The average molecular weight is 350 g/mol. The number of imide groups is 1. The Morgan fingerprint density at radius 1 is 1.24 bits per heavy atom. The number of amides is 2. The molecule has 1 aliphatic heterocycles. The Hall–Kier alpha value is -2.02. The first-order valence-electron chi connectivity index (χ1n) is 6.51. The number of carbonyl (C=O) groups is 2. The van der Waals surface area contributed by atoms with E-state index in [1.807, 2.05) is 24.3 Å². The smallest absolute Gasteiger partial charge is 0.246 e. The number of benzene rings is 1. The molecule has 108 valence electrons. The van der Waals surface area contributed by atoms with Crippen molar-refractivity contribution in [2.45, 2.75) is 25.8 Å². The molecule has 3 rings (SSSR count). The highest BCUT2D eigenvalue weighted by Crippen LogP contribution is 2.17. The number of hydrogen-bond acceptors (Lipinski definition) is 5. The van der Waals surface area contributed by atoms with Gasteiger partial charge < -0.3 is 4.52 Å². The molecule has 0 N–H and O–H groups in total. The monoisotopic (exact) mass is 349 g/mol. The lowest BCUT2D eigenvalue weighted by molar-refractivity contribution is -0.139. The van der Waals surface area contributed by atoms with Gasteiger partial charge in [0.25, 0.3) is 0 Å². The topological polar surface area (TPSA) is 76.3 Å². The van der Waals surface area contributed by atoms with Crippen LogP contribution in [0.2, 0.25) is 0 Å². The number of aromatic nitrogens is 2. The molecule has 2 amide bonds. The first kappa shape index (κ1) is 13.9. The SMILES string of the molecule is O=C1CCC(=O)N1Cc1nc(Cc2cccc(Br)c2)no1. The van der Waals surface area contributed by atoms with Gasteiger partial charge in [0, 0.05) is 23.7 Å². The van der Waals surface area contributed by atoms with E-state index in [0.29, 0.717) is 12.2 Å². The van der Waals surface area contributed by atoms with Gasteiger partial charge in [0.05, 0.1) is 0 Å². The molecule has 1 aromatic carbocycles. The fourth-order valence-corrected chi connectivity index (χ4v) is 2.64. The standard InChI is InChI=1S/C14H12BrN3O3/c15-10-3-1-2-9(6-10)7-11-16-12(21-17-11)8-18-13(19)4-5-14(18)20/h1-3,6H,4-5,7-8H2. The Bertz CT molecular complexity index is 682. The van der Waals surface area contributed by atoms with Crippen LogP contribution >= 0.6 is 15.9 Å². The summed E-state index contributed by atoms with van der Waals surface area (Å²) in [6.07, 6.45) is 1.06. The van der Waals surface area contributed by atoms with Crippen molar-refractivity contribution in [3.05, 3.63) is 46.0 Å². The van der Waals surface area contributed by atoms with Crippen molar-refractivity contribution in [3.8, 4) is 0 Å². The van der Waals surface area contributed by atoms with E-state index in [4.69, 9.17) is 4.52 Å². The van der Waals surface area contributed by atoms with Crippen LogP contribution in [0.15, 0.2) is 33.3 Å². The van der Waals surface area contributed by atoms with E-state index >= 15 is 0 Å². The van der Waals surface area contributed by atoms with Gasteiger partial charge in [-0.25, -0.2) is 0 Å². The van der Waals surface area contributed by atoms with E-state index in [9.17, 15) is 9.59 Å². The zero-order valence-electron chi connectivity index (χ0n) is 11.1. The molecule has 2 aromatic rings. The van der Waals surface area contributed by atoms with Gasteiger partial charge in [0.15, 0.2) is 5.82 Å². The molecule has 0 unspecified atom stereocenters. The van der Waals surface area contributed by atoms with E-state index in [1.54, 1.807) is 0 Å². The number of rotatable bonds is 4. The summed E-state index contributed by atoms with van der Waals surface area (Å²) in [5, 5.41) is 3.88. The van der Waals surface area contributed by atoms with E-state index < -0.39 is 0 Å². The third-order valence-corrected chi connectivity index (χ3v) is 3.70. The summed E-state index contributed by atoms with van der Waals surface area (Å²) in [5.41, 5.74) is 1.05. The number of halogens is 1. The molecule has 0 bridgehead atoms. The van der Waals surface area contributed by atoms with Crippen LogP contribution in [0.1, 0.15) is 30.1 Å². The Labute approximate surface area is 129 Å². The summed E-state index contributed by atoms with van der Waals surface area (Å²) in [4.78, 5) is 28.5. The van der Waals surface area contributed by atoms with Crippen LogP contribution in [-0.4, -0.2) is 26.9 Å². The third-order valence-electron chi connectivity index (χ3n) is 3.21. The molecule has 1 fully saturated rings. The maximum atomic E-state index is 11.5. The highest BCUT2D eigenvalue weighted by atomic mass is 79.9. The van der Waals surface area contributed by atoms with Gasteiger partial charge in [-0.1, -0.05) is 33.2 Å². The molecular formula is C14H12BrN3O3. The maximum Gasteiger partial charge on any atom is 0.246 e. The second-order valence-electron chi connectivity index (χ2n) is 4.78. The predicted octanol–water partition coefficient (Wildman–Crippen LogP) is 2.07. The van der Waals surface area contributed by atoms with Crippen LogP contribution in [0.5, 0.6) is 0 Å². The second-order valence-corrected chi connectivity index (χ2v) is 5.70. The Kier molecular flexibility index (Phi) is 3.83. The Morgan fingerprint density at radius 2 is 2.00 bits per heavy atom. The molecule has 0 aliphatic carbocycles. The summed E-state index contributed by atoms with van der Waals surface area (Å²) in [7, 11) is 0. The van der Waals surface area contributed by atoms with Crippen LogP contribution in [0.3, 0.4) is 0 Å². The quantitative estimate of drug-likeness (QED) is 0.789. The second kappa shape index (κ2) is 5.77. The highest BCUT2D eigenvalue weighted by Gasteiger charge is 2.30. The van der Waals surface area contributed by atoms with Crippen LogP contribution in [0.4, 0.5) is 0 Å². The Morgan fingerprint density at radius 3 is 2.71 bits per heavy atom. The van der Waals surface area contributed by atoms with Crippen LogP contribution < -0.4 is 0 Å². The van der Waals surface area contributed by atoms with Gasteiger partial charge in [0.2, 0.25) is 17.7 Å². The predicted molar refractivity (Wildman–Crippen MR) is 76.0 cm³/mol. The summed E-state index contributed by atoms with van der Waals surface area (Å²) in [5.74, 6) is 0.435. The minimum atomic E-state index is -0.188. The van der Waals surface area contributed by atoms with E-state index in [1.165, 1.54) is 0 Å². The zero-order valence-corrected chi connectivity index (χ0v) is 12.7. The Balaban J connectivity index is 1.69. The van der Waals surface area contributed by atoms with E-state index in [2.05, 4.69) is 26.1 Å². The molecule has 2 heterocycles. The lowest BCUT2D eigenvalue weighted by Crippen LogP contribution is -2.28. The van der Waals surface area contributed by atoms with E-state index in [0.717, 1.165) is 14.9 Å². The van der Waals surface area contributed by atoms with Crippen molar-refractivity contribution in [2.24, 2.45) is 0 Å². The van der Waals surface area contributed by atoms with Gasteiger partial charge in [-0.15, -0.1) is 0 Å². The number of hydrogen-bond donors (Lipinski definition) is 0. The van der Waals surface area contributed by atoms with E-state index in [-0.39, 0.29) is 37.1 Å². The van der Waals surface area contributed by atoms with Crippen molar-refractivity contribution in [2.75, 3.05) is 0 Å². The van der Waals surface area contributed by atoms with Gasteiger partial charge in [-0.05, 0) is 17.7 Å². The molecular weight excluding hydrogens is 338 g/mol. The number of likely N-dealkylation sites (tertiary alicyclic amines) is 1. The summed E-state index contributed by atoms with van der Waals surface area (Å²) in [6, 6.07) is 7.82. The normalized spacial score (nSPS) is 15.0. The van der Waals surface area contributed by atoms with Crippen molar-refractivity contribution in [1.82, 2.24) is 15.0 Å². The molecule has 0 spiro atoms. The number of nitrogens with zero attached hydrogens (tertiary/aromatic N) is 3. The lowest BCUT2D eigenvalue weighted by atomic mass is 10.1. The molecule has 6 nitrogen and oxygen atoms in total. The largest absolute Gasteiger partial charge is 0.337 e. The molecule has 0 atom stereocenters. The lowest BCUT2D eigenvalue weighted by Gasteiger charge is -2.09. The summed E-state index contributed by atoms with van der Waals surface area (Å²) < 4.78 is 6.09. The fraction of sp³-hybridized carbons (Fsp3) is 0.286. The van der Waals surface area contributed by atoms with Crippen molar-refractivity contribution < 1.29 is 14.1 Å². The molecule has 1 aliphatic rings. The minimum absolute atomic E-state index is 0.0587. The van der Waals surface area contributed by atoms with Gasteiger partial charge >= 0.3 is 0 Å². The van der Waals surface area contributed by atoms with Gasteiger partial charge in [-0.3, -0.25) is 14.5 Å². The van der Waals surface area contributed by atoms with Crippen LogP contribution in [0.25, 0.3) is 0 Å². The zero-order chi connectivity index (χ0) is 14.8. The first-order valence-corrected chi connectivity index (χ1v) is 7.30. The van der Waals surface area contributed by atoms with Crippen molar-refractivity contribution in [1.29, 1.82) is 0 Å². The van der Waals surface area contributed by atoms with Gasteiger partial charge in [-0.2, -0.15) is 4.98 Å². The van der Waals surface area contributed by atoms with Crippen LogP contribution in [-0.2, 0) is 22.6 Å². The molecule has 7 heteroatoms. The van der Waals surface area contributed by atoms with Gasteiger partial charge in [0.1, 0.15) is 6.54 Å². The molecule has 1 saturated heterocycles. The minimum Gasteiger partial charge on any atom is -0.337 e. The average Bonchev–Trinajstić information content (AvgIpc) is 3.01. The fourth-order valence-electron chi connectivity index (χ4n) is 2.19. The first-order chi connectivity index (χ1) is 10.1. The van der Waals surface area contributed by atoms with Crippen molar-refractivity contribution >= 4 is 27.7 Å². The summed E-state index contributed by atoms with van der Waals surface area (Å²) >= 11 is 3.41. The van der Waals surface area contributed by atoms with Crippen molar-refractivity contribution in [3.63, 3.8) is 0 Å². The molecule has 1 aromatic heterocycles. The summed E-state index contributed by atoms with van der Waals surface area (Å²) in [6.45, 7) is 0.0587. The maximum absolute atomic E-state index is 11.5.